The summed E-state index contributed by atoms with van der Waals surface area (Å²) in [6, 6.07) is 0. The van der Waals surface area contributed by atoms with Crippen molar-refractivity contribution in [3.8, 4) is 0 Å². The standard InChI is InChI=1S/C13H26O/c1-11(2)9-7-6-8-10-12(14)13(3,4)5/h11H,6-10H2,1-5H3. The first-order chi connectivity index (χ1) is 6.34. The first-order valence-corrected chi connectivity index (χ1v) is 5.87. The van der Waals surface area contributed by atoms with E-state index in [2.05, 4.69) is 13.8 Å². The van der Waals surface area contributed by atoms with Crippen LogP contribution in [0.2, 0.25) is 0 Å². The third-order valence-electron chi connectivity index (χ3n) is 2.52. The van der Waals surface area contributed by atoms with E-state index in [1.165, 1.54) is 19.3 Å². The summed E-state index contributed by atoms with van der Waals surface area (Å²) in [6.45, 7) is 10.5. The van der Waals surface area contributed by atoms with Crippen LogP contribution in [0.25, 0.3) is 0 Å². The van der Waals surface area contributed by atoms with Crippen LogP contribution in [0.3, 0.4) is 0 Å². The molecular weight excluding hydrogens is 172 g/mol. The molecule has 0 atom stereocenters. The van der Waals surface area contributed by atoms with Crippen LogP contribution in [0.5, 0.6) is 0 Å². The Hall–Kier alpha value is -0.330. The van der Waals surface area contributed by atoms with Gasteiger partial charge >= 0.3 is 0 Å². The lowest BCUT2D eigenvalue weighted by Crippen LogP contribution is -2.19. The van der Waals surface area contributed by atoms with Crippen LogP contribution in [-0.2, 0) is 4.79 Å². The normalized spacial score (nSPS) is 12.1. The lowest BCUT2D eigenvalue weighted by molar-refractivity contribution is -0.126. The quantitative estimate of drug-likeness (QED) is 0.584. The van der Waals surface area contributed by atoms with Crippen molar-refractivity contribution in [3.05, 3.63) is 0 Å². The molecule has 0 aromatic heterocycles. The molecule has 0 aliphatic carbocycles. The zero-order chi connectivity index (χ0) is 11.2. The van der Waals surface area contributed by atoms with E-state index in [0.29, 0.717) is 5.78 Å². The molecule has 84 valence electrons. The summed E-state index contributed by atoms with van der Waals surface area (Å²) < 4.78 is 0. The highest BCUT2D eigenvalue weighted by Crippen LogP contribution is 2.19. The molecule has 14 heavy (non-hydrogen) atoms. The summed E-state index contributed by atoms with van der Waals surface area (Å²) in [5, 5.41) is 0. The summed E-state index contributed by atoms with van der Waals surface area (Å²) >= 11 is 0. The lowest BCUT2D eigenvalue weighted by atomic mass is 9.87. The van der Waals surface area contributed by atoms with Gasteiger partial charge in [0.25, 0.3) is 0 Å². The number of ketones is 1. The fourth-order valence-corrected chi connectivity index (χ4v) is 1.39. The summed E-state index contributed by atoms with van der Waals surface area (Å²) in [7, 11) is 0. The molecule has 0 fully saturated rings. The Morgan fingerprint density at radius 2 is 1.64 bits per heavy atom. The minimum absolute atomic E-state index is 0.141. The monoisotopic (exact) mass is 198 g/mol. The second-order valence-electron chi connectivity index (χ2n) is 5.67. The van der Waals surface area contributed by atoms with Crippen molar-refractivity contribution < 1.29 is 4.79 Å². The van der Waals surface area contributed by atoms with Crippen LogP contribution in [0.1, 0.15) is 66.7 Å². The molecule has 0 saturated heterocycles. The van der Waals surface area contributed by atoms with Gasteiger partial charge in [-0.3, -0.25) is 4.79 Å². The predicted molar refractivity (Wildman–Crippen MR) is 62.4 cm³/mol. The Balaban J connectivity index is 3.42. The van der Waals surface area contributed by atoms with Gasteiger partial charge < -0.3 is 0 Å². The molecule has 0 aromatic rings. The van der Waals surface area contributed by atoms with E-state index in [1.54, 1.807) is 0 Å². The molecular formula is C13H26O. The molecule has 1 nitrogen and oxygen atoms in total. The highest BCUT2D eigenvalue weighted by molar-refractivity contribution is 5.83. The van der Waals surface area contributed by atoms with Gasteiger partial charge in [-0.25, -0.2) is 0 Å². The average Bonchev–Trinajstić information content (AvgIpc) is 2.01. The zero-order valence-corrected chi connectivity index (χ0v) is 10.5. The molecule has 0 aliphatic heterocycles. The van der Waals surface area contributed by atoms with E-state index in [1.807, 2.05) is 20.8 Å². The van der Waals surface area contributed by atoms with Crippen molar-refractivity contribution in [1.29, 1.82) is 0 Å². The Bertz CT molecular complexity index is 163. The Morgan fingerprint density at radius 1 is 1.07 bits per heavy atom. The fraction of sp³-hybridized carbons (Fsp3) is 0.923. The first-order valence-electron chi connectivity index (χ1n) is 5.87. The van der Waals surface area contributed by atoms with Crippen LogP contribution >= 0.6 is 0 Å². The zero-order valence-electron chi connectivity index (χ0n) is 10.5. The first kappa shape index (κ1) is 13.7. The smallest absolute Gasteiger partial charge is 0.138 e. The number of carbonyl (C=O) groups excluding carboxylic acids is 1. The van der Waals surface area contributed by atoms with E-state index in [0.717, 1.165) is 18.8 Å². The molecule has 0 N–H and O–H groups in total. The number of rotatable bonds is 6. The van der Waals surface area contributed by atoms with E-state index < -0.39 is 0 Å². The SMILES string of the molecule is CC(C)CCCCCC(=O)C(C)(C)C. The molecule has 1 heteroatoms. The van der Waals surface area contributed by atoms with E-state index in [9.17, 15) is 4.79 Å². The summed E-state index contributed by atoms with van der Waals surface area (Å²) in [6.07, 6.45) is 5.61. The maximum absolute atomic E-state index is 11.6. The maximum atomic E-state index is 11.6. The average molecular weight is 198 g/mol. The Kier molecular flexibility index (Phi) is 6.06. The Labute approximate surface area is 89.3 Å². The molecule has 0 saturated carbocycles. The van der Waals surface area contributed by atoms with Gasteiger partial charge in [0, 0.05) is 11.8 Å². The largest absolute Gasteiger partial charge is 0.299 e. The minimum Gasteiger partial charge on any atom is -0.299 e. The minimum atomic E-state index is -0.141. The van der Waals surface area contributed by atoms with Crippen molar-refractivity contribution in [3.63, 3.8) is 0 Å². The summed E-state index contributed by atoms with van der Waals surface area (Å²) in [5.41, 5.74) is -0.141. The Morgan fingerprint density at radius 3 is 2.07 bits per heavy atom. The number of Topliss-reactive ketones (excluding diaryl/α,β-unsaturated/α-hetero) is 1. The van der Waals surface area contributed by atoms with E-state index in [-0.39, 0.29) is 5.41 Å². The third kappa shape index (κ3) is 7.11. The predicted octanol–water partition coefficient (Wildman–Crippen LogP) is 4.21. The van der Waals surface area contributed by atoms with Gasteiger partial charge in [0.15, 0.2) is 0 Å². The van der Waals surface area contributed by atoms with E-state index in [4.69, 9.17) is 0 Å². The van der Waals surface area contributed by atoms with Crippen LogP contribution in [0.15, 0.2) is 0 Å². The van der Waals surface area contributed by atoms with Gasteiger partial charge in [-0.05, 0) is 12.3 Å². The molecule has 0 amide bonds. The van der Waals surface area contributed by atoms with Gasteiger partial charge in [0.2, 0.25) is 0 Å². The molecule has 0 aliphatic rings. The van der Waals surface area contributed by atoms with Crippen molar-refractivity contribution >= 4 is 5.78 Å². The third-order valence-corrected chi connectivity index (χ3v) is 2.52. The van der Waals surface area contributed by atoms with Crippen molar-refractivity contribution in [1.82, 2.24) is 0 Å². The van der Waals surface area contributed by atoms with Crippen LogP contribution in [-0.4, -0.2) is 5.78 Å². The van der Waals surface area contributed by atoms with Gasteiger partial charge in [0.05, 0.1) is 0 Å². The number of unbranched alkanes of at least 4 members (excludes halogenated alkanes) is 2. The fourth-order valence-electron chi connectivity index (χ4n) is 1.39. The lowest BCUT2D eigenvalue weighted by Gasteiger charge is -2.16. The molecule has 0 unspecified atom stereocenters. The van der Waals surface area contributed by atoms with Crippen LogP contribution in [0.4, 0.5) is 0 Å². The van der Waals surface area contributed by atoms with Crippen LogP contribution in [0, 0.1) is 11.3 Å². The molecule has 0 aromatic carbocycles. The van der Waals surface area contributed by atoms with Crippen LogP contribution < -0.4 is 0 Å². The van der Waals surface area contributed by atoms with Crippen molar-refractivity contribution in [2.24, 2.45) is 11.3 Å². The molecule has 0 heterocycles. The van der Waals surface area contributed by atoms with Gasteiger partial charge in [-0.15, -0.1) is 0 Å². The van der Waals surface area contributed by atoms with Crippen molar-refractivity contribution in [2.45, 2.75) is 66.7 Å². The van der Waals surface area contributed by atoms with Crippen molar-refractivity contribution in [2.75, 3.05) is 0 Å². The molecule has 0 rings (SSSR count). The highest BCUT2D eigenvalue weighted by atomic mass is 16.1. The number of hydrogen-bond acceptors (Lipinski definition) is 1. The second-order valence-corrected chi connectivity index (χ2v) is 5.67. The topological polar surface area (TPSA) is 17.1 Å². The highest BCUT2D eigenvalue weighted by Gasteiger charge is 2.19. The van der Waals surface area contributed by atoms with Gasteiger partial charge in [-0.2, -0.15) is 0 Å². The maximum Gasteiger partial charge on any atom is 0.138 e. The summed E-state index contributed by atoms with van der Waals surface area (Å²) in [5.74, 6) is 1.20. The number of carbonyl (C=O) groups is 1. The van der Waals surface area contributed by atoms with E-state index >= 15 is 0 Å². The molecule has 0 bridgehead atoms. The molecule has 0 radical (unpaired) electrons. The second kappa shape index (κ2) is 6.21. The van der Waals surface area contributed by atoms with Gasteiger partial charge in [-0.1, -0.05) is 53.9 Å². The number of hydrogen-bond donors (Lipinski definition) is 0. The van der Waals surface area contributed by atoms with Gasteiger partial charge in [0.1, 0.15) is 5.78 Å². The molecule has 0 spiro atoms. The summed E-state index contributed by atoms with van der Waals surface area (Å²) in [4.78, 5) is 11.6.